The van der Waals surface area contributed by atoms with Crippen molar-refractivity contribution in [3.8, 4) is 0 Å². The molecule has 9 heteroatoms. The molecule has 0 aliphatic rings. The van der Waals surface area contributed by atoms with E-state index in [0.717, 1.165) is 36.7 Å². The van der Waals surface area contributed by atoms with Gasteiger partial charge in [-0.3, -0.25) is 4.79 Å². The van der Waals surface area contributed by atoms with Crippen LogP contribution in [0.4, 0.5) is 34.9 Å². The molecule has 0 atom stereocenters. The number of para-hydroxylation sites is 1. The molecule has 2 aromatic carbocycles. The highest BCUT2D eigenvalue weighted by atomic mass is 19.2. The number of carbonyl (C=O) groups excluding carboxylic acids is 1. The Bertz CT molecular complexity index is 943. The highest BCUT2D eigenvalue weighted by Gasteiger charge is 2.14. The number of nitrogens with one attached hydrogen (secondary N) is 2. The fraction of sp³-hybridized carbons (Fsp3) is 0. The quantitative estimate of drug-likeness (QED) is 0.688. The number of hydrogen-bond donors (Lipinski definition) is 2. The molecule has 0 saturated heterocycles. The van der Waals surface area contributed by atoms with E-state index in [0.29, 0.717) is 0 Å². The predicted octanol–water partition coefficient (Wildman–Crippen LogP) is 4.03. The Labute approximate surface area is 144 Å². The molecule has 2 N–H and O–H groups in total. The summed E-state index contributed by atoms with van der Waals surface area (Å²) in [4.78, 5) is 19.7. The summed E-state index contributed by atoms with van der Waals surface area (Å²) < 4.78 is 53.1. The van der Waals surface area contributed by atoms with Crippen molar-refractivity contribution >= 4 is 23.2 Å². The van der Waals surface area contributed by atoms with Crippen molar-refractivity contribution in [2.75, 3.05) is 10.6 Å². The minimum absolute atomic E-state index is 0.0182. The second kappa shape index (κ2) is 7.18. The minimum Gasteiger partial charge on any atom is -0.324 e. The first-order valence-electron chi connectivity index (χ1n) is 7.23. The molecule has 0 unspecified atom stereocenters. The Balaban J connectivity index is 1.72. The molecule has 0 radical (unpaired) electrons. The third-order valence-electron chi connectivity index (χ3n) is 3.29. The van der Waals surface area contributed by atoms with Gasteiger partial charge in [-0.2, -0.15) is 0 Å². The number of amides is 1. The summed E-state index contributed by atoms with van der Waals surface area (Å²) >= 11 is 0. The Morgan fingerprint density at radius 3 is 2.12 bits per heavy atom. The molecule has 1 amide bonds. The normalized spacial score (nSPS) is 10.5. The van der Waals surface area contributed by atoms with Crippen LogP contribution in [0.15, 0.2) is 48.8 Å². The van der Waals surface area contributed by atoms with E-state index < -0.39 is 34.9 Å². The molecule has 1 heterocycles. The average Bonchev–Trinajstić information content (AvgIpc) is 2.62. The van der Waals surface area contributed by atoms with Crippen LogP contribution in [0.5, 0.6) is 0 Å². The maximum atomic E-state index is 13.5. The lowest BCUT2D eigenvalue weighted by molar-refractivity contribution is 0.102. The second-order valence-corrected chi connectivity index (χ2v) is 5.10. The SMILES string of the molecule is O=C(Nc1c(F)cccc1F)c1cnc(Nc2ccc(F)c(F)c2)nc1. The fourth-order valence-corrected chi connectivity index (χ4v) is 2.02. The summed E-state index contributed by atoms with van der Waals surface area (Å²) in [6, 6.07) is 6.31. The zero-order chi connectivity index (χ0) is 18.7. The lowest BCUT2D eigenvalue weighted by atomic mass is 10.2. The van der Waals surface area contributed by atoms with Gasteiger partial charge in [-0.1, -0.05) is 6.07 Å². The molecular weight excluding hydrogens is 352 g/mol. The molecule has 3 rings (SSSR count). The molecule has 0 saturated carbocycles. The monoisotopic (exact) mass is 362 g/mol. The third kappa shape index (κ3) is 3.77. The van der Waals surface area contributed by atoms with E-state index in [2.05, 4.69) is 20.6 Å². The fourth-order valence-electron chi connectivity index (χ4n) is 2.02. The Morgan fingerprint density at radius 2 is 1.50 bits per heavy atom. The first-order valence-corrected chi connectivity index (χ1v) is 7.23. The summed E-state index contributed by atoms with van der Waals surface area (Å²) in [6.45, 7) is 0. The molecule has 0 fully saturated rings. The van der Waals surface area contributed by atoms with E-state index in [1.54, 1.807) is 0 Å². The zero-order valence-corrected chi connectivity index (χ0v) is 12.9. The van der Waals surface area contributed by atoms with E-state index in [9.17, 15) is 22.4 Å². The third-order valence-corrected chi connectivity index (χ3v) is 3.29. The molecule has 5 nitrogen and oxygen atoms in total. The van der Waals surface area contributed by atoms with Crippen LogP contribution in [0.3, 0.4) is 0 Å². The number of anilines is 3. The number of hydrogen-bond acceptors (Lipinski definition) is 4. The van der Waals surface area contributed by atoms with Crippen molar-refractivity contribution < 1.29 is 22.4 Å². The highest BCUT2D eigenvalue weighted by Crippen LogP contribution is 2.19. The van der Waals surface area contributed by atoms with Gasteiger partial charge in [0.15, 0.2) is 11.6 Å². The molecule has 0 spiro atoms. The van der Waals surface area contributed by atoms with Crippen molar-refractivity contribution in [3.05, 3.63) is 77.6 Å². The number of carbonyl (C=O) groups is 1. The van der Waals surface area contributed by atoms with Gasteiger partial charge in [0, 0.05) is 24.1 Å². The van der Waals surface area contributed by atoms with E-state index in [-0.39, 0.29) is 17.2 Å². The van der Waals surface area contributed by atoms with Gasteiger partial charge in [-0.25, -0.2) is 27.5 Å². The second-order valence-electron chi connectivity index (χ2n) is 5.10. The van der Waals surface area contributed by atoms with Gasteiger partial charge in [0.25, 0.3) is 5.91 Å². The van der Waals surface area contributed by atoms with E-state index in [4.69, 9.17) is 0 Å². The van der Waals surface area contributed by atoms with E-state index in [1.807, 2.05) is 0 Å². The Hall–Kier alpha value is -3.49. The Kier molecular flexibility index (Phi) is 4.78. The average molecular weight is 362 g/mol. The molecule has 1 aromatic heterocycles. The maximum Gasteiger partial charge on any atom is 0.258 e. The molecule has 3 aromatic rings. The number of benzene rings is 2. The molecular formula is C17H10F4N4O. The van der Waals surface area contributed by atoms with Crippen LogP contribution in [0.1, 0.15) is 10.4 Å². The summed E-state index contributed by atoms with van der Waals surface area (Å²) in [7, 11) is 0. The number of nitrogens with zero attached hydrogens (tertiary/aromatic N) is 2. The lowest BCUT2D eigenvalue weighted by Gasteiger charge is -2.08. The number of aromatic nitrogens is 2. The van der Waals surface area contributed by atoms with Gasteiger partial charge < -0.3 is 10.6 Å². The lowest BCUT2D eigenvalue weighted by Crippen LogP contribution is -2.15. The van der Waals surface area contributed by atoms with E-state index in [1.165, 1.54) is 12.1 Å². The summed E-state index contributed by atoms with van der Waals surface area (Å²) in [6.07, 6.45) is 2.23. The van der Waals surface area contributed by atoms with Crippen LogP contribution < -0.4 is 10.6 Å². The van der Waals surface area contributed by atoms with E-state index >= 15 is 0 Å². The van der Waals surface area contributed by atoms with Crippen molar-refractivity contribution in [2.45, 2.75) is 0 Å². The summed E-state index contributed by atoms with van der Waals surface area (Å²) in [5.41, 5.74) is -0.431. The van der Waals surface area contributed by atoms with Crippen LogP contribution >= 0.6 is 0 Å². The van der Waals surface area contributed by atoms with Gasteiger partial charge >= 0.3 is 0 Å². The molecule has 0 bridgehead atoms. The maximum absolute atomic E-state index is 13.5. The summed E-state index contributed by atoms with van der Waals surface area (Å²) in [5.74, 6) is -4.67. The van der Waals surface area contributed by atoms with Gasteiger partial charge in [0.05, 0.1) is 5.56 Å². The zero-order valence-electron chi connectivity index (χ0n) is 12.9. The molecule has 0 aliphatic heterocycles. The first-order chi connectivity index (χ1) is 12.4. The highest BCUT2D eigenvalue weighted by molar-refractivity contribution is 6.04. The minimum atomic E-state index is -1.04. The van der Waals surface area contributed by atoms with Crippen LogP contribution in [-0.2, 0) is 0 Å². The standard InChI is InChI=1S/C17H10F4N4O/c18-11-5-4-10(6-14(11)21)24-17-22-7-9(8-23-17)16(26)25-15-12(19)2-1-3-13(15)20/h1-8H,(H,25,26)(H,22,23,24). The predicted molar refractivity (Wildman–Crippen MR) is 86.0 cm³/mol. The topological polar surface area (TPSA) is 66.9 Å². The van der Waals surface area contributed by atoms with Crippen LogP contribution in [0.25, 0.3) is 0 Å². The molecule has 132 valence electrons. The first kappa shape index (κ1) is 17.3. The van der Waals surface area contributed by atoms with Crippen molar-refractivity contribution in [3.63, 3.8) is 0 Å². The van der Waals surface area contributed by atoms with Gasteiger partial charge in [-0.05, 0) is 24.3 Å². The van der Waals surface area contributed by atoms with Crippen molar-refractivity contribution in [1.29, 1.82) is 0 Å². The smallest absolute Gasteiger partial charge is 0.258 e. The number of halogens is 4. The van der Waals surface area contributed by atoms with Crippen molar-refractivity contribution in [2.24, 2.45) is 0 Å². The van der Waals surface area contributed by atoms with Gasteiger partial charge in [0.2, 0.25) is 5.95 Å². The van der Waals surface area contributed by atoms with Crippen LogP contribution in [0, 0.1) is 23.3 Å². The van der Waals surface area contributed by atoms with Crippen LogP contribution in [-0.4, -0.2) is 15.9 Å². The molecule has 0 aliphatic carbocycles. The van der Waals surface area contributed by atoms with Crippen LogP contribution in [0.2, 0.25) is 0 Å². The van der Waals surface area contributed by atoms with Crippen molar-refractivity contribution in [1.82, 2.24) is 9.97 Å². The molecule has 26 heavy (non-hydrogen) atoms. The Morgan fingerprint density at radius 1 is 0.846 bits per heavy atom. The van der Waals surface area contributed by atoms with Gasteiger partial charge in [-0.15, -0.1) is 0 Å². The number of rotatable bonds is 4. The summed E-state index contributed by atoms with van der Waals surface area (Å²) in [5, 5.41) is 4.72. The largest absolute Gasteiger partial charge is 0.324 e. The van der Waals surface area contributed by atoms with Gasteiger partial charge in [0.1, 0.15) is 17.3 Å².